The first kappa shape index (κ1) is 21.6. The molecule has 1 aliphatic rings. The lowest BCUT2D eigenvalue weighted by molar-refractivity contribution is -0.154. The molecule has 7 nitrogen and oxygen atoms in total. The lowest BCUT2D eigenvalue weighted by Gasteiger charge is -2.30. The fraction of sp³-hybridized carbons (Fsp3) is 0.391. The van der Waals surface area contributed by atoms with Crippen LogP contribution >= 0.6 is 0 Å². The van der Waals surface area contributed by atoms with Crippen LogP contribution in [0.4, 0.5) is 4.79 Å². The molecule has 0 aliphatic carbocycles. The summed E-state index contributed by atoms with van der Waals surface area (Å²) in [6.45, 7) is 2.44. The number of hydrogen-bond donors (Lipinski definition) is 2. The lowest BCUT2D eigenvalue weighted by atomic mass is 9.84. The van der Waals surface area contributed by atoms with E-state index in [-0.39, 0.29) is 18.4 Å². The zero-order valence-electron chi connectivity index (χ0n) is 16.9. The normalized spacial score (nSPS) is 24.6. The van der Waals surface area contributed by atoms with E-state index in [4.69, 9.17) is 19.3 Å². The maximum absolute atomic E-state index is 12.5. The predicted octanol–water partition coefficient (Wildman–Crippen LogP) is 3.14. The molecule has 0 bridgehead atoms. The van der Waals surface area contributed by atoms with E-state index in [1.54, 1.807) is 0 Å². The summed E-state index contributed by atoms with van der Waals surface area (Å²) in [5, 5.41) is 11.2. The van der Waals surface area contributed by atoms with Crippen LogP contribution in [0.15, 0.2) is 60.7 Å². The molecular weight excluding hydrogens is 386 g/mol. The van der Waals surface area contributed by atoms with E-state index < -0.39 is 24.2 Å². The Morgan fingerprint density at radius 3 is 2.43 bits per heavy atom. The molecule has 1 aliphatic heterocycles. The molecule has 0 unspecified atom stereocenters. The van der Waals surface area contributed by atoms with Crippen LogP contribution in [0.25, 0.3) is 0 Å². The van der Waals surface area contributed by atoms with Crippen molar-refractivity contribution in [3.63, 3.8) is 0 Å². The number of carbonyl (C=O) groups is 2. The first-order valence-electron chi connectivity index (χ1n) is 10.0. The smallest absolute Gasteiger partial charge is 0.405 e. The van der Waals surface area contributed by atoms with Gasteiger partial charge in [0.05, 0.1) is 19.8 Å². The monoisotopic (exact) mass is 413 g/mol. The fourth-order valence-electron chi connectivity index (χ4n) is 3.62. The Morgan fingerprint density at radius 1 is 1.10 bits per heavy atom. The molecule has 2 N–H and O–H groups in total. The third-order valence-corrected chi connectivity index (χ3v) is 5.24. The van der Waals surface area contributed by atoms with Gasteiger partial charge in [0, 0.05) is 5.92 Å². The predicted molar refractivity (Wildman–Crippen MR) is 110 cm³/mol. The largest absolute Gasteiger partial charge is 0.493 e. The Kier molecular flexibility index (Phi) is 7.68. The number of esters is 1. The van der Waals surface area contributed by atoms with Crippen molar-refractivity contribution >= 4 is 12.1 Å². The van der Waals surface area contributed by atoms with E-state index in [1.165, 1.54) is 0 Å². The highest BCUT2D eigenvalue weighted by atomic mass is 16.6. The van der Waals surface area contributed by atoms with Crippen molar-refractivity contribution in [1.29, 1.82) is 0 Å². The Bertz CT molecular complexity index is 813. The molecule has 1 heterocycles. The molecule has 0 radical (unpaired) electrons. The van der Waals surface area contributed by atoms with Gasteiger partial charge in [0.25, 0.3) is 0 Å². The molecular formula is C23H27NO6. The van der Waals surface area contributed by atoms with Crippen LogP contribution in [0.3, 0.4) is 0 Å². The average Bonchev–Trinajstić information content (AvgIpc) is 2.78. The number of nitrogens with one attached hydrogen (secondary N) is 1. The third-order valence-electron chi connectivity index (χ3n) is 5.24. The van der Waals surface area contributed by atoms with Gasteiger partial charge < -0.3 is 24.6 Å². The minimum absolute atomic E-state index is 0.0162. The highest BCUT2D eigenvalue weighted by molar-refractivity contribution is 5.81. The summed E-state index contributed by atoms with van der Waals surface area (Å²) in [5.74, 6) is -0.0314. The molecule has 2 aromatic rings. The Labute approximate surface area is 176 Å². The zero-order valence-corrected chi connectivity index (χ0v) is 16.9. The van der Waals surface area contributed by atoms with E-state index in [9.17, 15) is 9.59 Å². The van der Waals surface area contributed by atoms with Crippen LogP contribution in [-0.2, 0) is 20.7 Å². The maximum Gasteiger partial charge on any atom is 0.405 e. The van der Waals surface area contributed by atoms with Gasteiger partial charge in [-0.2, -0.15) is 0 Å². The quantitative estimate of drug-likeness (QED) is 0.707. The van der Waals surface area contributed by atoms with Gasteiger partial charge in [-0.25, -0.2) is 9.59 Å². The van der Waals surface area contributed by atoms with E-state index in [2.05, 4.69) is 5.32 Å². The van der Waals surface area contributed by atoms with E-state index in [1.807, 2.05) is 67.6 Å². The molecule has 0 saturated carbocycles. The standard InChI is InChI=1S/C23H27NO6/c1-16-20(14-29-19-10-6-3-7-11-19)18(12-17-8-4-2-5-9-17)13-28-15-21(22(25)30-16)24-23(26)27/h2-11,16,18,20-21,24H,12-15H2,1H3,(H,26,27)/t16-,18-,20-,21-/m0/s1. The fourth-order valence-corrected chi connectivity index (χ4v) is 3.62. The Hall–Kier alpha value is -3.06. The second-order valence-corrected chi connectivity index (χ2v) is 7.42. The van der Waals surface area contributed by atoms with Crippen molar-refractivity contribution in [2.45, 2.75) is 25.5 Å². The Morgan fingerprint density at radius 2 is 1.77 bits per heavy atom. The molecule has 2 aromatic carbocycles. The third kappa shape index (κ3) is 6.22. The minimum atomic E-state index is -1.29. The number of amides is 1. The van der Waals surface area contributed by atoms with Gasteiger partial charge in [-0.05, 0) is 37.0 Å². The topological polar surface area (TPSA) is 94.1 Å². The first-order valence-corrected chi connectivity index (χ1v) is 10.0. The molecule has 7 heteroatoms. The summed E-state index contributed by atoms with van der Waals surface area (Å²) >= 11 is 0. The zero-order chi connectivity index (χ0) is 21.3. The van der Waals surface area contributed by atoms with Crippen LogP contribution in [0, 0.1) is 11.8 Å². The van der Waals surface area contributed by atoms with E-state index in [0.29, 0.717) is 13.2 Å². The summed E-state index contributed by atoms with van der Waals surface area (Å²) in [6.07, 6.45) is -1.05. The number of rotatable bonds is 6. The van der Waals surface area contributed by atoms with Crippen LogP contribution < -0.4 is 10.1 Å². The molecule has 160 valence electrons. The number of para-hydroxylation sites is 1. The van der Waals surface area contributed by atoms with E-state index >= 15 is 0 Å². The maximum atomic E-state index is 12.5. The summed E-state index contributed by atoms with van der Waals surface area (Å²) < 4.78 is 17.4. The highest BCUT2D eigenvalue weighted by Gasteiger charge is 2.35. The van der Waals surface area contributed by atoms with Gasteiger partial charge in [-0.3, -0.25) is 0 Å². The second-order valence-electron chi connectivity index (χ2n) is 7.42. The van der Waals surface area contributed by atoms with Crippen molar-refractivity contribution in [2.24, 2.45) is 11.8 Å². The number of carbonyl (C=O) groups excluding carboxylic acids is 1. The summed E-state index contributed by atoms with van der Waals surface area (Å²) in [6, 6.07) is 18.4. The number of hydrogen-bond acceptors (Lipinski definition) is 5. The second kappa shape index (κ2) is 10.6. The molecule has 1 saturated heterocycles. The molecule has 1 amide bonds. The summed E-state index contributed by atoms with van der Waals surface area (Å²) in [4.78, 5) is 23.5. The van der Waals surface area contributed by atoms with Crippen molar-refractivity contribution < 1.29 is 28.9 Å². The van der Waals surface area contributed by atoms with Gasteiger partial charge in [-0.15, -0.1) is 0 Å². The van der Waals surface area contributed by atoms with Gasteiger partial charge in [0.1, 0.15) is 11.9 Å². The summed E-state index contributed by atoms with van der Waals surface area (Å²) in [7, 11) is 0. The van der Waals surface area contributed by atoms with Gasteiger partial charge in [-0.1, -0.05) is 48.5 Å². The molecule has 0 spiro atoms. The lowest BCUT2D eigenvalue weighted by Crippen LogP contribution is -2.45. The molecule has 1 fully saturated rings. The minimum Gasteiger partial charge on any atom is -0.493 e. The summed E-state index contributed by atoms with van der Waals surface area (Å²) in [5.41, 5.74) is 1.15. The van der Waals surface area contributed by atoms with Crippen molar-refractivity contribution in [1.82, 2.24) is 5.32 Å². The molecule has 4 atom stereocenters. The molecule has 30 heavy (non-hydrogen) atoms. The van der Waals surface area contributed by atoms with Gasteiger partial charge in [0.15, 0.2) is 6.04 Å². The van der Waals surface area contributed by atoms with Crippen LogP contribution in [0.2, 0.25) is 0 Å². The van der Waals surface area contributed by atoms with Gasteiger partial charge >= 0.3 is 12.1 Å². The molecule has 3 rings (SSSR count). The number of ether oxygens (including phenoxy) is 3. The number of benzene rings is 2. The highest BCUT2D eigenvalue weighted by Crippen LogP contribution is 2.26. The number of carboxylic acid groups (broad SMARTS) is 1. The van der Waals surface area contributed by atoms with Crippen LogP contribution in [0.5, 0.6) is 5.75 Å². The SMILES string of the molecule is C[C@@H]1OC(=O)[C@@H](NC(=O)O)COC[C@H](Cc2ccccc2)[C@H]1COc1ccccc1. The van der Waals surface area contributed by atoms with Crippen molar-refractivity contribution in [3.05, 3.63) is 66.2 Å². The van der Waals surface area contributed by atoms with E-state index in [0.717, 1.165) is 17.7 Å². The van der Waals surface area contributed by atoms with Crippen LogP contribution in [-0.4, -0.2) is 49.1 Å². The first-order chi connectivity index (χ1) is 14.5. The van der Waals surface area contributed by atoms with Crippen molar-refractivity contribution in [3.8, 4) is 5.75 Å². The van der Waals surface area contributed by atoms with Crippen LogP contribution in [0.1, 0.15) is 12.5 Å². The van der Waals surface area contributed by atoms with Crippen molar-refractivity contribution in [2.75, 3.05) is 19.8 Å². The Balaban J connectivity index is 1.79. The van der Waals surface area contributed by atoms with Gasteiger partial charge in [0.2, 0.25) is 0 Å². The molecule has 0 aromatic heterocycles. The average molecular weight is 413 g/mol. The number of cyclic esters (lactones) is 1.